The number of amides is 2. The minimum absolute atomic E-state index is 0.0617. The smallest absolute Gasteiger partial charge is 0.324 e. The molecule has 3 rings (SSSR count). The van der Waals surface area contributed by atoms with Crippen LogP contribution in [0.25, 0.3) is 0 Å². The number of carbonyl (C=O) groups is 1. The molecule has 0 bridgehead atoms. The summed E-state index contributed by atoms with van der Waals surface area (Å²) in [5.41, 5.74) is 11.5. The fourth-order valence-corrected chi connectivity index (χ4v) is 3.10. The molecule has 6 heteroatoms. The Morgan fingerprint density at radius 3 is 2.11 bits per heavy atom. The normalized spacial score (nSPS) is 11.3. The van der Waals surface area contributed by atoms with Crippen molar-refractivity contribution in [3.05, 3.63) is 70.9 Å². The number of nitrogens with one attached hydrogen (secondary N) is 3. The van der Waals surface area contributed by atoms with Gasteiger partial charge in [0.25, 0.3) is 0 Å². The molecule has 6 nitrogen and oxygen atoms in total. The Morgan fingerprint density at radius 1 is 1.00 bits per heavy atom. The topological polar surface area (TPSA) is 95.8 Å². The molecule has 1 aromatic heterocycles. The van der Waals surface area contributed by atoms with E-state index in [1.165, 1.54) is 5.56 Å². The molecule has 0 radical (unpaired) electrons. The first-order valence-corrected chi connectivity index (χ1v) is 9.29. The summed E-state index contributed by atoms with van der Waals surface area (Å²) in [6.07, 6.45) is 0.814. The van der Waals surface area contributed by atoms with Gasteiger partial charge in [-0.2, -0.15) is 5.10 Å². The molecule has 1 heterocycles. The van der Waals surface area contributed by atoms with E-state index in [2.05, 4.69) is 41.6 Å². The number of aromatic amines is 1. The van der Waals surface area contributed by atoms with Crippen LogP contribution in [-0.4, -0.2) is 16.2 Å². The lowest BCUT2D eigenvalue weighted by atomic mass is 9.90. The molecule has 2 aromatic carbocycles. The number of hydrogen-bond acceptors (Lipinski definition) is 3. The molecule has 0 saturated heterocycles. The molecule has 3 aromatic rings. The predicted octanol–water partition coefficient (Wildman–Crippen LogP) is 4.83. The average Bonchev–Trinajstić information content (AvgIpc) is 2.99. The van der Waals surface area contributed by atoms with Crippen molar-refractivity contribution in [2.75, 3.05) is 16.4 Å². The lowest BCUT2D eigenvalue weighted by molar-refractivity contribution is 0.262. The number of urea groups is 1. The fraction of sp³-hybridized carbons (Fsp3) is 0.273. The van der Waals surface area contributed by atoms with E-state index in [0.29, 0.717) is 5.82 Å². The second-order valence-corrected chi connectivity index (χ2v) is 8.02. The standard InChI is InChI=1S/C22H27N5O/c1-14-19(22(2,3)4)26-27-20(14)25-21(28)24-18-11-7-16(8-12-18)13-15-5-9-17(23)10-6-15/h5-12H,13,23H2,1-4H3,(H3,24,25,26,27,28). The van der Waals surface area contributed by atoms with Crippen LogP contribution in [0.1, 0.15) is 43.2 Å². The number of nitrogens with two attached hydrogens (primary N) is 1. The summed E-state index contributed by atoms with van der Waals surface area (Å²) in [7, 11) is 0. The highest BCUT2D eigenvalue weighted by atomic mass is 16.2. The van der Waals surface area contributed by atoms with E-state index in [-0.39, 0.29) is 11.4 Å². The number of H-pyrrole nitrogens is 1. The number of benzene rings is 2. The van der Waals surface area contributed by atoms with Gasteiger partial charge in [0, 0.05) is 28.0 Å². The lowest BCUT2D eigenvalue weighted by Crippen LogP contribution is -2.20. The molecule has 146 valence electrons. The highest BCUT2D eigenvalue weighted by molar-refractivity contribution is 5.99. The number of rotatable bonds is 4. The molecule has 0 aliphatic rings. The zero-order chi connectivity index (χ0) is 20.3. The van der Waals surface area contributed by atoms with Gasteiger partial charge in [-0.05, 0) is 48.7 Å². The van der Waals surface area contributed by atoms with Crippen LogP contribution in [0.5, 0.6) is 0 Å². The fourth-order valence-electron chi connectivity index (χ4n) is 3.10. The Labute approximate surface area is 165 Å². The highest BCUT2D eigenvalue weighted by Crippen LogP contribution is 2.27. The number of anilines is 3. The monoisotopic (exact) mass is 377 g/mol. The van der Waals surface area contributed by atoms with Crippen LogP contribution in [0.2, 0.25) is 0 Å². The predicted molar refractivity (Wildman–Crippen MR) is 115 cm³/mol. The first-order valence-electron chi connectivity index (χ1n) is 9.29. The molecule has 0 fully saturated rings. The summed E-state index contributed by atoms with van der Waals surface area (Å²) >= 11 is 0. The second-order valence-electron chi connectivity index (χ2n) is 8.02. The number of aromatic nitrogens is 2. The molecule has 0 atom stereocenters. The summed E-state index contributed by atoms with van der Waals surface area (Å²) in [6, 6.07) is 15.3. The SMILES string of the molecule is Cc1c(NC(=O)Nc2ccc(Cc3ccc(N)cc3)cc2)n[nH]c1C(C)(C)C. The second kappa shape index (κ2) is 7.76. The maximum Gasteiger partial charge on any atom is 0.324 e. The van der Waals surface area contributed by atoms with E-state index < -0.39 is 0 Å². The number of hydrogen-bond donors (Lipinski definition) is 4. The Morgan fingerprint density at radius 2 is 1.57 bits per heavy atom. The summed E-state index contributed by atoms with van der Waals surface area (Å²) in [4.78, 5) is 12.3. The van der Waals surface area contributed by atoms with E-state index in [1.807, 2.05) is 55.5 Å². The van der Waals surface area contributed by atoms with Gasteiger partial charge in [0.2, 0.25) is 0 Å². The molecule has 0 saturated carbocycles. The molecular weight excluding hydrogens is 350 g/mol. The van der Waals surface area contributed by atoms with E-state index in [9.17, 15) is 4.79 Å². The lowest BCUT2D eigenvalue weighted by Gasteiger charge is -2.17. The third-order valence-electron chi connectivity index (χ3n) is 4.59. The van der Waals surface area contributed by atoms with Gasteiger partial charge in [-0.15, -0.1) is 0 Å². The largest absolute Gasteiger partial charge is 0.399 e. The Bertz CT molecular complexity index is 950. The van der Waals surface area contributed by atoms with Gasteiger partial charge in [-0.25, -0.2) is 4.79 Å². The quantitative estimate of drug-likeness (QED) is 0.490. The summed E-state index contributed by atoms with van der Waals surface area (Å²) in [5.74, 6) is 0.544. The maximum absolute atomic E-state index is 12.3. The molecule has 0 aliphatic carbocycles. The van der Waals surface area contributed by atoms with Crippen molar-refractivity contribution in [2.45, 2.75) is 39.5 Å². The van der Waals surface area contributed by atoms with Crippen LogP contribution < -0.4 is 16.4 Å². The minimum Gasteiger partial charge on any atom is -0.399 e. The molecule has 28 heavy (non-hydrogen) atoms. The van der Waals surface area contributed by atoms with Crippen molar-refractivity contribution < 1.29 is 4.79 Å². The van der Waals surface area contributed by atoms with Crippen molar-refractivity contribution >= 4 is 23.2 Å². The Hall–Kier alpha value is -3.28. The van der Waals surface area contributed by atoms with Crippen molar-refractivity contribution in [1.29, 1.82) is 0 Å². The van der Waals surface area contributed by atoms with Crippen LogP contribution in [0.15, 0.2) is 48.5 Å². The summed E-state index contributed by atoms with van der Waals surface area (Å²) < 4.78 is 0. The van der Waals surface area contributed by atoms with Gasteiger partial charge < -0.3 is 11.1 Å². The van der Waals surface area contributed by atoms with Crippen LogP contribution >= 0.6 is 0 Å². The van der Waals surface area contributed by atoms with Crippen molar-refractivity contribution in [3.63, 3.8) is 0 Å². The van der Waals surface area contributed by atoms with Gasteiger partial charge in [-0.3, -0.25) is 10.4 Å². The van der Waals surface area contributed by atoms with Crippen molar-refractivity contribution in [3.8, 4) is 0 Å². The maximum atomic E-state index is 12.3. The molecule has 0 spiro atoms. The van der Waals surface area contributed by atoms with Gasteiger partial charge in [0.15, 0.2) is 5.82 Å². The number of nitrogens with zero attached hydrogens (tertiary/aromatic N) is 1. The van der Waals surface area contributed by atoms with Crippen LogP contribution in [0, 0.1) is 6.92 Å². The molecule has 5 N–H and O–H groups in total. The van der Waals surface area contributed by atoms with Crippen LogP contribution in [-0.2, 0) is 11.8 Å². The van der Waals surface area contributed by atoms with Crippen LogP contribution in [0.4, 0.5) is 22.0 Å². The van der Waals surface area contributed by atoms with E-state index >= 15 is 0 Å². The van der Waals surface area contributed by atoms with Gasteiger partial charge in [0.1, 0.15) is 0 Å². The molecular formula is C22H27N5O. The number of carbonyl (C=O) groups excluding carboxylic acids is 1. The molecule has 2 amide bonds. The molecule has 0 aliphatic heterocycles. The van der Waals surface area contributed by atoms with Crippen molar-refractivity contribution in [1.82, 2.24) is 10.2 Å². The number of nitrogen functional groups attached to an aromatic ring is 1. The Kier molecular flexibility index (Phi) is 5.40. The van der Waals surface area contributed by atoms with Crippen LogP contribution in [0.3, 0.4) is 0 Å². The Balaban J connectivity index is 1.60. The molecule has 0 unspecified atom stereocenters. The third kappa shape index (κ3) is 4.71. The minimum atomic E-state index is -0.318. The average molecular weight is 377 g/mol. The van der Waals surface area contributed by atoms with Crippen molar-refractivity contribution in [2.24, 2.45) is 0 Å². The highest BCUT2D eigenvalue weighted by Gasteiger charge is 2.21. The van der Waals surface area contributed by atoms with Gasteiger partial charge >= 0.3 is 6.03 Å². The van der Waals surface area contributed by atoms with E-state index in [0.717, 1.165) is 34.6 Å². The van der Waals surface area contributed by atoms with Gasteiger partial charge in [-0.1, -0.05) is 45.0 Å². The summed E-state index contributed by atoms with van der Waals surface area (Å²) in [6.45, 7) is 8.25. The first kappa shape index (κ1) is 19.5. The van der Waals surface area contributed by atoms with E-state index in [1.54, 1.807) is 0 Å². The third-order valence-corrected chi connectivity index (χ3v) is 4.59. The zero-order valence-electron chi connectivity index (χ0n) is 16.8. The van der Waals surface area contributed by atoms with Gasteiger partial charge in [0.05, 0.1) is 0 Å². The van der Waals surface area contributed by atoms with E-state index in [4.69, 9.17) is 5.73 Å². The summed E-state index contributed by atoms with van der Waals surface area (Å²) in [5, 5.41) is 12.9. The zero-order valence-corrected chi connectivity index (χ0v) is 16.8. The first-order chi connectivity index (χ1) is 13.2.